The first-order valence-electron chi connectivity index (χ1n) is 5.54. The van der Waals surface area contributed by atoms with Crippen molar-refractivity contribution in [1.82, 2.24) is 10.4 Å². The van der Waals surface area contributed by atoms with Crippen LogP contribution >= 0.6 is 15.9 Å². The third-order valence-electron chi connectivity index (χ3n) is 3.43. The van der Waals surface area contributed by atoms with Gasteiger partial charge in [-0.15, -0.1) is 10.3 Å². The molecule has 1 heterocycles. The van der Waals surface area contributed by atoms with Crippen LogP contribution in [0.2, 0.25) is 0 Å². The first kappa shape index (κ1) is 13.9. The van der Waals surface area contributed by atoms with Gasteiger partial charge in [-0.2, -0.15) is 0 Å². The lowest BCUT2D eigenvalue weighted by molar-refractivity contribution is -0.292. The Morgan fingerprint density at radius 3 is 2.50 bits per heavy atom. The van der Waals surface area contributed by atoms with Crippen LogP contribution in [0.1, 0.15) is 40.5 Å². The van der Waals surface area contributed by atoms with E-state index in [0.29, 0.717) is 0 Å². The van der Waals surface area contributed by atoms with Gasteiger partial charge >= 0.3 is 0 Å². The average Bonchev–Trinajstić information content (AvgIpc) is 2.20. The highest BCUT2D eigenvalue weighted by atomic mass is 79.9. The number of piperidine rings is 1. The van der Waals surface area contributed by atoms with E-state index in [0.717, 1.165) is 17.9 Å². The molecule has 0 spiro atoms. The van der Waals surface area contributed by atoms with Crippen molar-refractivity contribution in [2.45, 2.75) is 57.7 Å². The predicted molar refractivity (Wildman–Crippen MR) is 65.6 cm³/mol. The minimum atomic E-state index is -0.556. The van der Waals surface area contributed by atoms with Crippen molar-refractivity contribution < 1.29 is 10.0 Å². The molecule has 0 aromatic carbocycles. The van der Waals surface area contributed by atoms with Crippen LogP contribution in [0.4, 0.5) is 0 Å². The first-order chi connectivity index (χ1) is 7.21. The highest BCUT2D eigenvalue weighted by Gasteiger charge is 2.48. The third kappa shape index (κ3) is 2.57. The smallest absolute Gasteiger partial charge is 0.230 e. The van der Waals surface area contributed by atoms with Crippen molar-refractivity contribution in [3.05, 3.63) is 0 Å². The van der Waals surface area contributed by atoms with Crippen LogP contribution in [-0.4, -0.2) is 33.4 Å². The van der Waals surface area contributed by atoms with Gasteiger partial charge < -0.3 is 5.32 Å². The second-order valence-electron chi connectivity index (χ2n) is 5.55. The molecule has 1 aliphatic heterocycles. The highest BCUT2D eigenvalue weighted by Crippen LogP contribution is 2.36. The summed E-state index contributed by atoms with van der Waals surface area (Å²) in [5.41, 5.74) is -0.904. The summed E-state index contributed by atoms with van der Waals surface area (Å²) in [5, 5.41) is 16.5. The molecule has 1 atom stereocenters. The van der Waals surface area contributed by atoms with E-state index in [1.54, 1.807) is 0 Å². The zero-order valence-corrected chi connectivity index (χ0v) is 11.9. The molecule has 0 aromatic rings. The Hall–Kier alpha value is -0.130. The molecule has 1 N–H and O–H groups in total. The molecular formula is C11H20BrN2O2. The van der Waals surface area contributed by atoms with Crippen molar-refractivity contribution in [2.24, 2.45) is 0 Å². The molecule has 1 aliphatic rings. The molecule has 93 valence electrons. The summed E-state index contributed by atoms with van der Waals surface area (Å²) in [5.74, 6) is -0.0637. The number of carbonyl (C=O) groups is 1. The van der Waals surface area contributed by atoms with E-state index in [-0.39, 0.29) is 22.8 Å². The molecule has 0 bridgehead atoms. The lowest BCUT2D eigenvalue weighted by Gasteiger charge is -2.51. The predicted octanol–water partition coefficient (Wildman–Crippen LogP) is 1.86. The quantitative estimate of drug-likeness (QED) is 0.790. The van der Waals surface area contributed by atoms with Crippen LogP contribution in [-0.2, 0) is 10.0 Å². The van der Waals surface area contributed by atoms with E-state index in [4.69, 9.17) is 0 Å². The maximum atomic E-state index is 12.2. The Morgan fingerprint density at radius 2 is 2.00 bits per heavy atom. The average molecular weight is 292 g/mol. The largest absolute Gasteiger partial charge is 0.351 e. The van der Waals surface area contributed by atoms with Gasteiger partial charge in [0.15, 0.2) is 0 Å². The van der Waals surface area contributed by atoms with Crippen LogP contribution in [0.15, 0.2) is 0 Å². The number of nitrogens with zero attached hydrogens (tertiary/aromatic N) is 1. The van der Waals surface area contributed by atoms with Gasteiger partial charge in [0.25, 0.3) is 0 Å². The summed E-state index contributed by atoms with van der Waals surface area (Å²) < 4.78 is 0. The van der Waals surface area contributed by atoms with Crippen LogP contribution in [0.25, 0.3) is 0 Å². The Morgan fingerprint density at radius 1 is 1.44 bits per heavy atom. The molecule has 4 nitrogen and oxygen atoms in total. The maximum absolute atomic E-state index is 12.2. The number of nitrogens with one attached hydrogen (secondary N) is 1. The maximum Gasteiger partial charge on any atom is 0.230 e. The van der Waals surface area contributed by atoms with Gasteiger partial charge in [0.1, 0.15) is 0 Å². The molecule has 5 heteroatoms. The van der Waals surface area contributed by atoms with Crippen LogP contribution in [0.5, 0.6) is 0 Å². The van der Waals surface area contributed by atoms with E-state index < -0.39 is 5.54 Å². The monoisotopic (exact) mass is 291 g/mol. The molecule has 0 aliphatic carbocycles. The molecule has 16 heavy (non-hydrogen) atoms. The fourth-order valence-electron chi connectivity index (χ4n) is 2.36. The number of amides is 1. The van der Waals surface area contributed by atoms with Gasteiger partial charge in [0.2, 0.25) is 5.91 Å². The summed E-state index contributed by atoms with van der Waals surface area (Å²) in [6.45, 7) is 7.68. The Kier molecular flexibility index (Phi) is 4.03. The fourth-order valence-corrected chi connectivity index (χ4v) is 2.52. The van der Waals surface area contributed by atoms with Gasteiger partial charge in [-0.1, -0.05) is 15.9 Å². The number of rotatable bonds is 2. The van der Waals surface area contributed by atoms with E-state index in [1.807, 2.05) is 27.7 Å². The van der Waals surface area contributed by atoms with Crippen molar-refractivity contribution in [3.63, 3.8) is 0 Å². The Labute approximate surface area is 105 Å². The number of carbonyl (C=O) groups excluding carboxylic acids is 1. The van der Waals surface area contributed by atoms with Gasteiger partial charge in [-0.05, 0) is 40.5 Å². The normalized spacial score (nSPS) is 28.8. The van der Waals surface area contributed by atoms with E-state index >= 15 is 0 Å². The zero-order chi connectivity index (χ0) is 12.6. The van der Waals surface area contributed by atoms with E-state index in [1.165, 1.54) is 0 Å². The molecule has 1 fully saturated rings. The van der Waals surface area contributed by atoms with Gasteiger partial charge in [-0.25, -0.2) is 0 Å². The highest BCUT2D eigenvalue weighted by molar-refractivity contribution is 9.09. The van der Waals surface area contributed by atoms with Crippen molar-refractivity contribution >= 4 is 21.8 Å². The molecule has 0 aromatic heterocycles. The number of hydroxylamine groups is 2. The number of alkyl halides is 1. The molecule has 1 rings (SSSR count). The summed E-state index contributed by atoms with van der Waals surface area (Å²) in [6.07, 6.45) is 1.64. The van der Waals surface area contributed by atoms with Crippen LogP contribution in [0.3, 0.4) is 0 Å². The molecule has 1 radical (unpaired) electrons. The summed E-state index contributed by atoms with van der Waals surface area (Å²) >= 11 is 3.11. The van der Waals surface area contributed by atoms with Crippen molar-refractivity contribution in [1.29, 1.82) is 0 Å². The summed E-state index contributed by atoms with van der Waals surface area (Å²) in [4.78, 5) is 11.4. The van der Waals surface area contributed by atoms with Crippen molar-refractivity contribution in [3.8, 4) is 0 Å². The zero-order valence-electron chi connectivity index (χ0n) is 10.3. The van der Waals surface area contributed by atoms with Gasteiger partial charge in [0.05, 0.1) is 10.9 Å². The fraction of sp³-hybridized carbons (Fsp3) is 0.909. The van der Waals surface area contributed by atoms with Crippen LogP contribution in [0, 0.1) is 0 Å². The lowest BCUT2D eigenvalue weighted by Crippen LogP contribution is -2.66. The Bertz CT molecular complexity index is 279. The summed E-state index contributed by atoms with van der Waals surface area (Å²) in [7, 11) is 0. The second-order valence-corrected chi connectivity index (χ2v) is 6.11. The van der Waals surface area contributed by atoms with Gasteiger partial charge in [-0.3, -0.25) is 4.79 Å². The topological polar surface area (TPSA) is 52.2 Å². The summed E-state index contributed by atoms with van der Waals surface area (Å²) in [6, 6.07) is -0.0805. The number of halogens is 1. The number of hydrogen-bond donors (Lipinski definition) is 1. The number of hydrogen-bond acceptors (Lipinski definition) is 2. The SMILES string of the molecule is CC1(C)CCC(NC(=O)CBr)C(C)(C)N1[O]. The first-order valence-corrected chi connectivity index (χ1v) is 6.67. The molecular weight excluding hydrogens is 272 g/mol. The van der Waals surface area contributed by atoms with E-state index in [9.17, 15) is 10.0 Å². The van der Waals surface area contributed by atoms with Crippen molar-refractivity contribution in [2.75, 3.05) is 5.33 Å². The van der Waals surface area contributed by atoms with Gasteiger partial charge in [0, 0.05) is 11.6 Å². The van der Waals surface area contributed by atoms with Crippen LogP contribution < -0.4 is 5.32 Å². The van der Waals surface area contributed by atoms with E-state index in [2.05, 4.69) is 21.2 Å². The molecule has 1 unspecified atom stereocenters. The minimum Gasteiger partial charge on any atom is -0.351 e. The Balaban J connectivity index is 2.79. The molecule has 0 saturated carbocycles. The molecule has 1 amide bonds. The standard InChI is InChI=1S/C11H20BrN2O2/c1-10(2)6-5-8(13-9(15)7-12)11(3,4)14(10)16/h8H,5-7H2,1-4H3,(H,13,15). The second kappa shape index (κ2) is 4.63. The lowest BCUT2D eigenvalue weighted by atomic mass is 9.78. The molecule has 1 saturated heterocycles. The minimum absolute atomic E-state index is 0.0637. The third-order valence-corrected chi connectivity index (χ3v) is 3.94.